The minimum Gasteiger partial charge on any atom is -0.435 e. The molecule has 0 bridgehead atoms. The summed E-state index contributed by atoms with van der Waals surface area (Å²) < 4.78 is 47.2. The van der Waals surface area contributed by atoms with Crippen LogP contribution >= 0.6 is 24.8 Å². The summed E-state index contributed by atoms with van der Waals surface area (Å²) in [4.78, 5) is 13.3. The van der Waals surface area contributed by atoms with E-state index in [4.69, 9.17) is 5.14 Å². The van der Waals surface area contributed by atoms with E-state index in [9.17, 15) is 22.9 Å². The highest BCUT2D eigenvalue weighted by Crippen LogP contribution is 2.37. The second-order valence-electron chi connectivity index (χ2n) is 8.89. The van der Waals surface area contributed by atoms with Crippen molar-refractivity contribution in [2.24, 2.45) is 9.50 Å². The van der Waals surface area contributed by atoms with Crippen molar-refractivity contribution in [1.82, 2.24) is 0 Å². The highest BCUT2D eigenvalue weighted by Gasteiger charge is 2.25. The Bertz CT molecular complexity index is 1120. The number of nitrogens with zero attached hydrogens (tertiary/aromatic N) is 1. The Balaban J connectivity index is 0.00000578. The predicted molar refractivity (Wildman–Crippen MR) is 138 cm³/mol. The van der Waals surface area contributed by atoms with Gasteiger partial charge in [-0.15, -0.1) is 15.7 Å². The molecule has 0 aliphatic heterocycles. The van der Waals surface area contributed by atoms with E-state index >= 15 is 0 Å². The van der Waals surface area contributed by atoms with Crippen LogP contribution in [0.4, 0.5) is 19.3 Å². The number of anilines is 1. The number of rotatable bonds is 7. The third-order valence-electron chi connectivity index (χ3n) is 4.83. The molecule has 0 saturated carbocycles. The number of alkyl halides is 2. The van der Waals surface area contributed by atoms with E-state index in [0.29, 0.717) is 27.3 Å². The number of halogens is 2. The van der Waals surface area contributed by atoms with Crippen LogP contribution in [0, 0.1) is 6.92 Å². The average Bonchev–Trinajstić information content (AvgIpc) is 3.04. The molecule has 1 unspecified atom stereocenters. The van der Waals surface area contributed by atoms with Gasteiger partial charge >= 0.3 is 12.6 Å². The molecule has 2 amide bonds. The van der Waals surface area contributed by atoms with Gasteiger partial charge in [0.05, 0.1) is 5.60 Å². The van der Waals surface area contributed by atoms with Crippen molar-refractivity contribution in [3.05, 3.63) is 39.8 Å². The summed E-state index contributed by atoms with van der Waals surface area (Å²) in [6.45, 7) is 9.25. The van der Waals surface area contributed by atoms with Gasteiger partial charge < -0.3 is 15.2 Å². The maximum atomic E-state index is 13.1. The monoisotopic (exact) mass is 537 g/mol. The lowest BCUT2D eigenvalue weighted by molar-refractivity contribution is -0.0499. The number of hydrogen-bond donors (Lipinski definition) is 3. The predicted octanol–water partition coefficient (Wildman–Crippen LogP) is 6.18. The quantitative estimate of drug-likeness (QED) is 0.391. The second-order valence-corrected chi connectivity index (χ2v) is 11.9. The zero-order chi connectivity index (χ0) is 25.3. The van der Waals surface area contributed by atoms with E-state index in [1.165, 1.54) is 12.1 Å². The van der Waals surface area contributed by atoms with Crippen LogP contribution in [-0.2, 0) is 15.5 Å². The summed E-state index contributed by atoms with van der Waals surface area (Å²) in [6.07, 6.45) is 0. The van der Waals surface area contributed by atoms with Crippen molar-refractivity contribution in [1.29, 1.82) is 0 Å². The zero-order valence-electron chi connectivity index (χ0n) is 20.2. The van der Waals surface area contributed by atoms with Crippen LogP contribution in [-0.4, -0.2) is 22.0 Å². The first-order valence-corrected chi connectivity index (χ1v) is 12.7. The van der Waals surface area contributed by atoms with Crippen LogP contribution in [0.3, 0.4) is 0 Å². The zero-order valence-corrected chi connectivity index (χ0v) is 22.9. The summed E-state index contributed by atoms with van der Waals surface area (Å²) in [5, 5.41) is 18.8. The molecule has 12 heteroatoms. The first-order valence-electron chi connectivity index (χ1n) is 10.3. The summed E-state index contributed by atoms with van der Waals surface area (Å²) in [7, 11) is -3.59. The molecule has 1 aromatic carbocycles. The molecule has 1 aromatic heterocycles. The number of aliphatic hydroxyl groups is 1. The number of amides is 2. The van der Waals surface area contributed by atoms with Gasteiger partial charge in [-0.2, -0.15) is 22.3 Å². The Morgan fingerprint density at radius 3 is 2.06 bits per heavy atom. The fourth-order valence-electron chi connectivity index (χ4n) is 3.24. The molecule has 34 heavy (non-hydrogen) atoms. The number of carbonyl (C=O) groups is 1. The van der Waals surface area contributed by atoms with Crippen molar-refractivity contribution in [3.63, 3.8) is 0 Å². The Morgan fingerprint density at radius 2 is 1.68 bits per heavy atom. The molecule has 1 heterocycles. The maximum Gasteiger partial charge on any atom is 0.387 e. The second kappa shape index (κ2) is 11.3. The molecule has 0 aliphatic rings. The fraction of sp³-hybridized carbons (Fsp3) is 0.500. The van der Waals surface area contributed by atoms with Crippen molar-refractivity contribution in [3.8, 4) is 5.75 Å². The van der Waals surface area contributed by atoms with Crippen molar-refractivity contribution < 1.29 is 27.6 Å². The van der Waals surface area contributed by atoms with E-state index in [1.807, 2.05) is 27.7 Å². The molecule has 0 aliphatic carbocycles. The normalized spacial score (nSPS) is 13.6. The van der Waals surface area contributed by atoms with Crippen LogP contribution in [0.2, 0.25) is 0 Å². The minimum absolute atomic E-state index is 0. The van der Waals surface area contributed by atoms with E-state index < -0.39 is 28.2 Å². The highest BCUT2D eigenvalue weighted by atomic mass is 32.2. The fourth-order valence-corrected chi connectivity index (χ4v) is 5.90. The number of benzene rings is 1. The SMILES string of the molecule is Cc1cc(C(C)(C)O)sc1S(N)(=O)=NC(=O)Nc1c(C(C)C)cc(OC(F)F)cc1C(C)C.S. The van der Waals surface area contributed by atoms with Gasteiger partial charge in [-0.3, -0.25) is 0 Å². The van der Waals surface area contributed by atoms with Gasteiger partial charge in [0.2, 0.25) is 0 Å². The van der Waals surface area contributed by atoms with Crippen LogP contribution in [0.25, 0.3) is 0 Å². The van der Waals surface area contributed by atoms with Crippen molar-refractivity contribution in [2.45, 2.75) is 76.7 Å². The van der Waals surface area contributed by atoms with E-state index in [2.05, 4.69) is 14.4 Å². The Morgan fingerprint density at radius 1 is 1.18 bits per heavy atom. The number of aryl methyl sites for hydroxylation is 1. The molecule has 2 rings (SSSR count). The molecule has 0 saturated heterocycles. The van der Waals surface area contributed by atoms with Crippen LogP contribution in [0.15, 0.2) is 26.8 Å². The van der Waals surface area contributed by atoms with Crippen molar-refractivity contribution in [2.75, 3.05) is 5.32 Å². The number of ether oxygens (including phenoxy) is 1. The topological polar surface area (TPSA) is 114 Å². The van der Waals surface area contributed by atoms with Gasteiger partial charge in [0.1, 0.15) is 9.96 Å². The molecular formula is C22H33F2N3O4S3. The standard InChI is InChI=1S/C22H31F2N3O4S2.H2S/c1-11(2)15-9-14(31-20(23)24)10-16(12(3)4)18(15)26-21(28)27-33(25,30)19-13(5)8-17(32-19)22(6,7)29;/h8-12,20,29H,1-7H3,(H3,25,26,27,28,30);1H2. The van der Waals surface area contributed by atoms with Gasteiger partial charge in [-0.05, 0) is 67.5 Å². The third-order valence-corrected chi connectivity index (χ3v) is 8.43. The molecular weight excluding hydrogens is 504 g/mol. The van der Waals surface area contributed by atoms with Gasteiger partial charge in [0.15, 0.2) is 9.92 Å². The largest absolute Gasteiger partial charge is 0.435 e. The number of hydrogen-bond acceptors (Lipinski definition) is 5. The van der Waals surface area contributed by atoms with Crippen LogP contribution < -0.4 is 15.2 Å². The summed E-state index contributed by atoms with van der Waals surface area (Å²) in [5.74, 6) is -0.298. The van der Waals surface area contributed by atoms with E-state index in [0.717, 1.165) is 11.3 Å². The molecule has 192 valence electrons. The molecule has 0 radical (unpaired) electrons. The number of carbonyl (C=O) groups excluding carboxylic acids is 1. The number of urea groups is 1. The van der Waals surface area contributed by atoms with Gasteiger partial charge in [-0.1, -0.05) is 27.7 Å². The number of nitrogens with two attached hydrogens (primary N) is 1. The Hall–Kier alpha value is -1.73. The highest BCUT2D eigenvalue weighted by molar-refractivity contribution is 7.93. The molecule has 0 spiro atoms. The lowest BCUT2D eigenvalue weighted by atomic mass is 9.92. The Labute approximate surface area is 210 Å². The van der Waals surface area contributed by atoms with Gasteiger partial charge in [-0.25, -0.2) is 14.1 Å². The molecule has 7 nitrogen and oxygen atoms in total. The molecule has 1 atom stereocenters. The minimum atomic E-state index is -3.59. The summed E-state index contributed by atoms with van der Waals surface area (Å²) >= 11 is 1.03. The van der Waals surface area contributed by atoms with Crippen LogP contribution in [0.5, 0.6) is 5.75 Å². The van der Waals surface area contributed by atoms with Gasteiger partial charge in [0, 0.05) is 10.6 Å². The van der Waals surface area contributed by atoms with E-state index in [-0.39, 0.29) is 35.3 Å². The van der Waals surface area contributed by atoms with Crippen LogP contribution in [0.1, 0.15) is 74.9 Å². The smallest absolute Gasteiger partial charge is 0.387 e. The maximum absolute atomic E-state index is 13.1. The summed E-state index contributed by atoms with van der Waals surface area (Å²) in [6, 6.07) is 3.62. The Kier molecular flexibility index (Phi) is 10.1. The molecule has 2 aromatic rings. The lowest BCUT2D eigenvalue weighted by Crippen LogP contribution is -2.19. The lowest BCUT2D eigenvalue weighted by Gasteiger charge is -2.21. The van der Waals surface area contributed by atoms with E-state index in [1.54, 1.807) is 26.8 Å². The number of thiophene rings is 1. The van der Waals surface area contributed by atoms with Crippen molar-refractivity contribution >= 4 is 46.5 Å². The van der Waals surface area contributed by atoms with Gasteiger partial charge in [0.25, 0.3) is 0 Å². The molecule has 0 fully saturated rings. The summed E-state index contributed by atoms with van der Waals surface area (Å²) in [5.41, 5.74) is 0.929. The first kappa shape index (κ1) is 30.3. The first-order chi connectivity index (χ1) is 15.0. The molecule has 4 N–H and O–H groups in total. The average molecular weight is 538 g/mol. The third kappa shape index (κ3) is 7.38. The number of nitrogens with one attached hydrogen (secondary N) is 1.